The Morgan fingerprint density at radius 1 is 1.20 bits per heavy atom. The van der Waals surface area contributed by atoms with Crippen molar-refractivity contribution in [2.45, 2.75) is 24.7 Å². The van der Waals surface area contributed by atoms with Crippen molar-refractivity contribution in [1.29, 1.82) is 0 Å². The van der Waals surface area contributed by atoms with Crippen LogP contribution in [0.25, 0.3) is 0 Å². The molecule has 0 saturated heterocycles. The van der Waals surface area contributed by atoms with Crippen molar-refractivity contribution in [1.82, 2.24) is 9.78 Å². The summed E-state index contributed by atoms with van der Waals surface area (Å²) in [5.74, 6) is 0.834. The van der Waals surface area contributed by atoms with Gasteiger partial charge in [-0.15, -0.1) is 0 Å². The third kappa shape index (κ3) is 3.21. The van der Waals surface area contributed by atoms with Gasteiger partial charge in [-0.25, -0.2) is 4.68 Å². The van der Waals surface area contributed by atoms with E-state index in [1.54, 1.807) is 30.3 Å². The van der Waals surface area contributed by atoms with Gasteiger partial charge in [0, 0.05) is 24.2 Å². The molecule has 2 aliphatic heterocycles. The number of halogens is 3. The lowest BCUT2D eigenvalue weighted by Gasteiger charge is -2.32. The first kappa shape index (κ1) is 18.4. The molecule has 11 heteroatoms. The molecular formula is C19H15F3N4O4. The van der Waals surface area contributed by atoms with Crippen molar-refractivity contribution in [3.8, 4) is 11.5 Å². The molecule has 2 N–H and O–H groups in total. The van der Waals surface area contributed by atoms with Crippen LogP contribution in [0.5, 0.6) is 11.5 Å². The van der Waals surface area contributed by atoms with E-state index >= 15 is 0 Å². The number of carbonyl (C=O) groups is 1. The number of nitrogens with zero attached hydrogens (tertiary/aromatic N) is 2. The highest BCUT2D eigenvalue weighted by Crippen LogP contribution is 2.43. The first-order valence-electron chi connectivity index (χ1n) is 9.06. The number of aromatic nitrogens is 2. The highest BCUT2D eigenvalue weighted by molar-refractivity contribution is 6.03. The Labute approximate surface area is 167 Å². The maximum Gasteiger partial charge on any atom is 0.410 e. The molecular weight excluding hydrogens is 405 g/mol. The fourth-order valence-electron chi connectivity index (χ4n) is 3.53. The second kappa shape index (κ2) is 6.71. The highest BCUT2D eigenvalue weighted by Gasteiger charge is 2.47. The Morgan fingerprint density at radius 3 is 2.80 bits per heavy atom. The maximum atomic E-state index is 13.7. The Bertz CT molecular complexity index is 1090. The minimum atomic E-state index is -4.54. The molecule has 1 aromatic carbocycles. The van der Waals surface area contributed by atoms with Crippen LogP contribution < -0.4 is 20.1 Å². The van der Waals surface area contributed by atoms with Gasteiger partial charge in [-0.3, -0.25) is 4.79 Å². The molecule has 2 aromatic heterocycles. The number of furan rings is 1. The number of fused-ring (bicyclic) bond motifs is 2. The molecule has 4 heterocycles. The molecule has 0 saturated carbocycles. The molecule has 0 fully saturated rings. The molecule has 0 bridgehead atoms. The molecule has 1 amide bonds. The lowest BCUT2D eigenvalue weighted by atomic mass is 10.0. The molecule has 8 nitrogen and oxygen atoms in total. The van der Waals surface area contributed by atoms with Crippen LogP contribution in [0.15, 0.2) is 47.1 Å². The monoisotopic (exact) mass is 420 g/mol. The number of amides is 1. The molecule has 156 valence electrons. The van der Waals surface area contributed by atoms with Crippen molar-refractivity contribution in [2.75, 3.05) is 17.4 Å². The van der Waals surface area contributed by atoms with Crippen LogP contribution in [0.2, 0.25) is 0 Å². The fourth-order valence-corrected chi connectivity index (χ4v) is 3.53. The molecule has 0 aliphatic carbocycles. The van der Waals surface area contributed by atoms with E-state index in [-0.39, 0.29) is 24.7 Å². The number of ether oxygens (including phenoxy) is 2. The van der Waals surface area contributed by atoms with Crippen molar-refractivity contribution >= 4 is 17.4 Å². The summed E-state index contributed by atoms with van der Waals surface area (Å²) in [6, 6.07) is 6.71. The maximum absolute atomic E-state index is 13.7. The normalized spacial score (nSPS) is 19.8. The summed E-state index contributed by atoms with van der Waals surface area (Å²) in [6.45, 7) is 0.0852. The van der Waals surface area contributed by atoms with Gasteiger partial charge in [-0.2, -0.15) is 18.3 Å². The standard InChI is InChI=1S/C19H15F3N4O4/c20-19(21,22)16-7-11(13-2-1-5-28-13)24-17-8-12(25-26(16)17)18(27)23-10-3-4-14-15(6-10)30-9-29-14/h1-6,8,11,16,24H,7,9H2,(H,23,27)/t11-,16-/m0/s1. The number of hydrogen-bond donors (Lipinski definition) is 2. The molecule has 5 rings (SSSR count). The van der Waals surface area contributed by atoms with Gasteiger partial charge < -0.3 is 24.5 Å². The van der Waals surface area contributed by atoms with E-state index in [1.807, 2.05) is 0 Å². The smallest absolute Gasteiger partial charge is 0.410 e. The zero-order valence-corrected chi connectivity index (χ0v) is 15.3. The number of hydrogen-bond acceptors (Lipinski definition) is 6. The molecule has 0 unspecified atom stereocenters. The molecule has 0 radical (unpaired) electrons. The summed E-state index contributed by atoms with van der Waals surface area (Å²) in [7, 11) is 0. The van der Waals surface area contributed by atoms with E-state index < -0.39 is 24.2 Å². The van der Waals surface area contributed by atoms with Gasteiger partial charge in [0.05, 0.1) is 12.3 Å². The molecule has 30 heavy (non-hydrogen) atoms. The average Bonchev–Trinajstić information content (AvgIpc) is 3.44. The van der Waals surface area contributed by atoms with Gasteiger partial charge in [-0.05, 0) is 24.3 Å². The summed E-state index contributed by atoms with van der Waals surface area (Å²) in [5.41, 5.74) is 0.258. The summed E-state index contributed by atoms with van der Waals surface area (Å²) in [6.07, 6.45) is -3.45. The average molecular weight is 420 g/mol. The first-order valence-corrected chi connectivity index (χ1v) is 9.06. The van der Waals surface area contributed by atoms with E-state index in [0.29, 0.717) is 22.9 Å². The van der Waals surface area contributed by atoms with Crippen molar-refractivity contribution in [3.05, 3.63) is 54.1 Å². The van der Waals surface area contributed by atoms with Crippen LogP contribution in [0.1, 0.15) is 34.8 Å². The third-order valence-corrected chi connectivity index (χ3v) is 4.94. The van der Waals surface area contributed by atoms with E-state index in [2.05, 4.69) is 15.7 Å². The molecule has 2 atom stereocenters. The van der Waals surface area contributed by atoms with Crippen LogP contribution in [0, 0.1) is 0 Å². The Balaban J connectivity index is 1.42. The molecule has 2 aliphatic rings. The zero-order chi connectivity index (χ0) is 20.9. The Morgan fingerprint density at radius 2 is 2.03 bits per heavy atom. The van der Waals surface area contributed by atoms with E-state index in [0.717, 1.165) is 4.68 Å². The number of benzene rings is 1. The second-order valence-electron chi connectivity index (χ2n) is 6.89. The summed E-state index contributed by atoms with van der Waals surface area (Å²) < 4.78 is 57.5. The van der Waals surface area contributed by atoms with Crippen LogP contribution in [-0.2, 0) is 0 Å². The van der Waals surface area contributed by atoms with E-state index in [9.17, 15) is 18.0 Å². The lowest BCUT2D eigenvalue weighted by molar-refractivity contribution is -0.174. The van der Waals surface area contributed by atoms with Crippen LogP contribution >= 0.6 is 0 Å². The van der Waals surface area contributed by atoms with Gasteiger partial charge >= 0.3 is 6.18 Å². The van der Waals surface area contributed by atoms with Crippen LogP contribution in [0.3, 0.4) is 0 Å². The second-order valence-corrected chi connectivity index (χ2v) is 6.89. The van der Waals surface area contributed by atoms with Crippen molar-refractivity contribution < 1.29 is 31.9 Å². The van der Waals surface area contributed by atoms with Crippen molar-refractivity contribution in [2.24, 2.45) is 0 Å². The number of carbonyl (C=O) groups excluding carboxylic acids is 1. The minimum absolute atomic E-state index is 0.0841. The first-order chi connectivity index (χ1) is 14.4. The van der Waals surface area contributed by atoms with Crippen molar-refractivity contribution in [3.63, 3.8) is 0 Å². The quantitative estimate of drug-likeness (QED) is 0.663. The number of nitrogens with one attached hydrogen (secondary N) is 2. The van der Waals surface area contributed by atoms with Gasteiger partial charge in [0.1, 0.15) is 11.6 Å². The summed E-state index contributed by atoms with van der Waals surface area (Å²) >= 11 is 0. The minimum Gasteiger partial charge on any atom is -0.467 e. The largest absolute Gasteiger partial charge is 0.467 e. The number of anilines is 2. The molecule has 0 spiro atoms. The summed E-state index contributed by atoms with van der Waals surface area (Å²) in [5, 5.41) is 9.49. The predicted octanol–water partition coefficient (Wildman–Crippen LogP) is 4.12. The Kier molecular flexibility index (Phi) is 4.12. The number of rotatable bonds is 3. The SMILES string of the molecule is O=C(Nc1ccc2c(c1)OCO2)c1cc2n(n1)[C@H](C(F)(F)F)C[C@@H](c1ccco1)N2. The van der Waals surface area contributed by atoms with Gasteiger partial charge in [0.25, 0.3) is 5.91 Å². The summed E-state index contributed by atoms with van der Waals surface area (Å²) in [4.78, 5) is 12.6. The fraction of sp³-hybridized carbons (Fsp3) is 0.263. The zero-order valence-electron chi connectivity index (χ0n) is 15.3. The highest BCUT2D eigenvalue weighted by atomic mass is 19.4. The van der Waals surface area contributed by atoms with E-state index in [4.69, 9.17) is 13.9 Å². The lowest BCUT2D eigenvalue weighted by Crippen LogP contribution is -2.35. The molecule has 3 aromatic rings. The number of alkyl halides is 3. The third-order valence-electron chi connectivity index (χ3n) is 4.94. The van der Waals surface area contributed by atoms with Gasteiger partial charge in [0.2, 0.25) is 6.79 Å². The van der Waals surface area contributed by atoms with Gasteiger partial charge in [-0.1, -0.05) is 0 Å². The van der Waals surface area contributed by atoms with Crippen LogP contribution in [0.4, 0.5) is 24.7 Å². The van der Waals surface area contributed by atoms with E-state index in [1.165, 1.54) is 12.3 Å². The van der Waals surface area contributed by atoms with Gasteiger partial charge in [0.15, 0.2) is 23.2 Å². The topological polar surface area (TPSA) is 90.5 Å². The van der Waals surface area contributed by atoms with Crippen LogP contribution in [-0.4, -0.2) is 28.7 Å². The Hall–Kier alpha value is -3.63. The predicted molar refractivity (Wildman–Crippen MR) is 97.5 cm³/mol.